The minimum Gasteiger partial charge on any atom is -0.379 e. The SMILES string of the molecule is C=CCc1ccc(-c2ccc(/C=C/CCCC(C)OCCCCC)c(F)c2F)nc1. The number of nitrogens with zero attached hydrogens (tertiary/aromatic N) is 1. The molecule has 2 nitrogen and oxygen atoms in total. The molecule has 30 heavy (non-hydrogen) atoms. The predicted octanol–water partition coefficient (Wildman–Crippen LogP) is 7.53. The summed E-state index contributed by atoms with van der Waals surface area (Å²) in [4.78, 5) is 4.25. The van der Waals surface area contributed by atoms with Gasteiger partial charge in [-0.15, -0.1) is 6.58 Å². The third-order valence-corrected chi connectivity index (χ3v) is 5.02. The monoisotopic (exact) mass is 413 g/mol. The van der Waals surface area contributed by atoms with Crippen LogP contribution in [0.5, 0.6) is 0 Å². The Morgan fingerprint density at radius 3 is 2.63 bits per heavy atom. The van der Waals surface area contributed by atoms with E-state index in [9.17, 15) is 8.78 Å². The minimum absolute atomic E-state index is 0.170. The Kier molecular flexibility index (Phi) is 10.4. The third kappa shape index (κ3) is 7.49. The maximum absolute atomic E-state index is 14.6. The summed E-state index contributed by atoms with van der Waals surface area (Å²) in [5.74, 6) is -1.71. The van der Waals surface area contributed by atoms with E-state index < -0.39 is 11.6 Å². The van der Waals surface area contributed by atoms with E-state index in [1.54, 1.807) is 36.5 Å². The standard InChI is InChI=1S/C26H33F2NO/c1-4-6-10-18-30-20(3)12-8-7-9-13-22-15-16-23(26(28)25(22)27)24-17-14-21(11-5-2)19-29-24/h5,9,13-17,19-20H,2,4,6-8,10-12,18H2,1,3H3/b13-9+. The third-order valence-electron chi connectivity index (χ3n) is 5.02. The first kappa shape index (κ1) is 23.9. The molecule has 0 aliphatic rings. The minimum atomic E-state index is -0.866. The Morgan fingerprint density at radius 1 is 1.10 bits per heavy atom. The van der Waals surface area contributed by atoms with E-state index in [0.717, 1.165) is 37.9 Å². The van der Waals surface area contributed by atoms with Crippen LogP contribution in [0.1, 0.15) is 63.5 Å². The first-order chi connectivity index (χ1) is 14.6. The fraction of sp³-hybridized carbons (Fsp3) is 0.423. The molecule has 0 saturated carbocycles. The van der Waals surface area contributed by atoms with Crippen LogP contribution in [0.4, 0.5) is 8.78 Å². The molecular formula is C26H33F2NO. The molecule has 0 aliphatic carbocycles. The summed E-state index contributed by atoms with van der Waals surface area (Å²) in [6.45, 7) is 8.76. The van der Waals surface area contributed by atoms with Crippen molar-refractivity contribution in [3.05, 3.63) is 72.0 Å². The summed E-state index contributed by atoms with van der Waals surface area (Å²) in [6.07, 6.45) is 14.1. The van der Waals surface area contributed by atoms with Gasteiger partial charge in [0.1, 0.15) is 0 Å². The van der Waals surface area contributed by atoms with Gasteiger partial charge in [-0.1, -0.05) is 50.1 Å². The van der Waals surface area contributed by atoms with Crippen LogP contribution in [-0.2, 0) is 11.2 Å². The fourth-order valence-corrected chi connectivity index (χ4v) is 3.22. The van der Waals surface area contributed by atoms with Gasteiger partial charge in [-0.25, -0.2) is 8.78 Å². The molecule has 0 N–H and O–H groups in total. The van der Waals surface area contributed by atoms with Crippen molar-refractivity contribution >= 4 is 6.08 Å². The number of halogens is 2. The zero-order chi connectivity index (χ0) is 21.8. The predicted molar refractivity (Wildman–Crippen MR) is 121 cm³/mol. The topological polar surface area (TPSA) is 22.1 Å². The van der Waals surface area contributed by atoms with Gasteiger partial charge >= 0.3 is 0 Å². The van der Waals surface area contributed by atoms with Crippen LogP contribution in [0.25, 0.3) is 17.3 Å². The van der Waals surface area contributed by atoms with E-state index in [1.165, 1.54) is 12.8 Å². The Morgan fingerprint density at radius 2 is 1.93 bits per heavy atom. The highest BCUT2D eigenvalue weighted by molar-refractivity contribution is 5.64. The van der Waals surface area contributed by atoms with Crippen molar-refractivity contribution in [2.75, 3.05) is 6.61 Å². The van der Waals surface area contributed by atoms with Gasteiger partial charge in [0.2, 0.25) is 0 Å². The zero-order valence-electron chi connectivity index (χ0n) is 18.2. The summed E-state index contributed by atoms with van der Waals surface area (Å²) in [6, 6.07) is 6.74. The van der Waals surface area contributed by atoms with Crippen LogP contribution in [0, 0.1) is 11.6 Å². The Balaban J connectivity index is 1.88. The maximum atomic E-state index is 14.6. The number of hydrogen-bond acceptors (Lipinski definition) is 2. The lowest BCUT2D eigenvalue weighted by molar-refractivity contribution is 0.0566. The van der Waals surface area contributed by atoms with Gasteiger partial charge < -0.3 is 4.74 Å². The summed E-state index contributed by atoms with van der Waals surface area (Å²) >= 11 is 0. The second-order valence-corrected chi connectivity index (χ2v) is 7.60. The normalized spacial score (nSPS) is 12.4. The van der Waals surface area contributed by atoms with Crippen molar-refractivity contribution in [3.8, 4) is 11.3 Å². The van der Waals surface area contributed by atoms with E-state index in [0.29, 0.717) is 12.1 Å². The zero-order valence-corrected chi connectivity index (χ0v) is 18.2. The lowest BCUT2D eigenvalue weighted by Gasteiger charge is -2.12. The smallest absolute Gasteiger partial charge is 0.168 e. The molecule has 0 spiro atoms. The van der Waals surface area contributed by atoms with Crippen LogP contribution in [0.2, 0.25) is 0 Å². The first-order valence-electron chi connectivity index (χ1n) is 10.9. The highest BCUT2D eigenvalue weighted by Crippen LogP contribution is 2.26. The number of rotatable bonds is 13. The Labute approximate surface area is 179 Å². The van der Waals surface area contributed by atoms with Crippen molar-refractivity contribution in [1.29, 1.82) is 0 Å². The molecule has 162 valence electrons. The molecule has 0 saturated heterocycles. The van der Waals surface area contributed by atoms with Crippen LogP contribution in [0.3, 0.4) is 0 Å². The average Bonchev–Trinajstić information content (AvgIpc) is 2.75. The molecule has 1 unspecified atom stereocenters. The van der Waals surface area contributed by atoms with Crippen molar-refractivity contribution < 1.29 is 13.5 Å². The number of aromatic nitrogens is 1. The van der Waals surface area contributed by atoms with Gasteiger partial charge in [0.05, 0.1) is 11.8 Å². The van der Waals surface area contributed by atoms with Crippen LogP contribution >= 0.6 is 0 Å². The molecule has 0 fully saturated rings. The lowest BCUT2D eigenvalue weighted by atomic mass is 10.0. The van der Waals surface area contributed by atoms with Gasteiger partial charge in [0, 0.05) is 23.9 Å². The van der Waals surface area contributed by atoms with Crippen LogP contribution < -0.4 is 0 Å². The van der Waals surface area contributed by atoms with E-state index >= 15 is 0 Å². The number of ether oxygens (including phenoxy) is 1. The molecule has 1 aromatic carbocycles. The van der Waals surface area contributed by atoms with Gasteiger partial charge in [0.15, 0.2) is 11.6 Å². The Hall–Kier alpha value is -2.33. The van der Waals surface area contributed by atoms with E-state index in [1.807, 2.05) is 12.1 Å². The van der Waals surface area contributed by atoms with Crippen molar-refractivity contribution in [3.63, 3.8) is 0 Å². The Bertz CT molecular complexity index is 815. The average molecular weight is 414 g/mol. The lowest BCUT2D eigenvalue weighted by Crippen LogP contribution is -2.08. The van der Waals surface area contributed by atoms with Crippen LogP contribution in [0.15, 0.2) is 49.2 Å². The maximum Gasteiger partial charge on any atom is 0.168 e. The number of pyridine rings is 1. The second-order valence-electron chi connectivity index (χ2n) is 7.60. The van der Waals surface area contributed by atoms with E-state index in [2.05, 4.69) is 25.4 Å². The highest BCUT2D eigenvalue weighted by atomic mass is 19.2. The molecule has 1 heterocycles. The summed E-state index contributed by atoms with van der Waals surface area (Å²) in [5.41, 5.74) is 1.82. The van der Waals surface area contributed by atoms with Crippen LogP contribution in [-0.4, -0.2) is 17.7 Å². The second kappa shape index (κ2) is 13.1. The summed E-state index contributed by atoms with van der Waals surface area (Å²) in [7, 11) is 0. The van der Waals surface area contributed by atoms with Gasteiger partial charge in [0.25, 0.3) is 0 Å². The van der Waals surface area contributed by atoms with Gasteiger partial charge in [-0.05, 0) is 56.7 Å². The van der Waals surface area contributed by atoms with Gasteiger partial charge in [-0.3, -0.25) is 4.98 Å². The van der Waals surface area contributed by atoms with Crippen molar-refractivity contribution in [1.82, 2.24) is 4.98 Å². The largest absolute Gasteiger partial charge is 0.379 e. The molecule has 0 amide bonds. The summed E-state index contributed by atoms with van der Waals surface area (Å²) in [5, 5.41) is 0. The molecule has 1 aromatic heterocycles. The molecule has 1 atom stereocenters. The fourth-order valence-electron chi connectivity index (χ4n) is 3.22. The number of benzene rings is 1. The molecule has 0 aliphatic heterocycles. The number of allylic oxidation sites excluding steroid dienone is 2. The molecule has 0 radical (unpaired) electrons. The highest BCUT2D eigenvalue weighted by Gasteiger charge is 2.14. The van der Waals surface area contributed by atoms with E-state index in [-0.39, 0.29) is 17.2 Å². The quantitative estimate of drug-likeness (QED) is 0.250. The molecular weight excluding hydrogens is 380 g/mol. The number of unbranched alkanes of at least 4 members (excludes halogenated alkanes) is 3. The molecule has 4 heteroatoms. The molecule has 0 bridgehead atoms. The summed E-state index contributed by atoms with van der Waals surface area (Å²) < 4.78 is 34.8. The molecule has 2 aromatic rings. The van der Waals surface area contributed by atoms with Crippen molar-refractivity contribution in [2.24, 2.45) is 0 Å². The van der Waals surface area contributed by atoms with E-state index in [4.69, 9.17) is 4.74 Å². The van der Waals surface area contributed by atoms with Gasteiger partial charge in [-0.2, -0.15) is 0 Å². The first-order valence-corrected chi connectivity index (χ1v) is 10.9. The molecule has 2 rings (SSSR count). The van der Waals surface area contributed by atoms with Crippen molar-refractivity contribution in [2.45, 2.75) is 64.9 Å². The number of hydrogen-bond donors (Lipinski definition) is 0.